The molecular formula is C23H21N5O2S. The normalized spacial score (nSPS) is 15.5. The maximum absolute atomic E-state index is 12.8. The fourth-order valence-corrected chi connectivity index (χ4v) is 4.55. The number of anilines is 1. The van der Waals surface area contributed by atoms with E-state index in [0.29, 0.717) is 35.7 Å². The van der Waals surface area contributed by atoms with Gasteiger partial charge in [-0.15, -0.1) is 11.8 Å². The number of thioether (sulfide) groups is 1. The zero-order chi connectivity index (χ0) is 21.6. The van der Waals surface area contributed by atoms with Crippen LogP contribution in [0.15, 0.2) is 67.0 Å². The minimum Gasteiger partial charge on any atom is -0.324 e. The summed E-state index contributed by atoms with van der Waals surface area (Å²) in [5, 5.41) is 16.1. The fourth-order valence-electron chi connectivity index (χ4n) is 3.37. The highest BCUT2D eigenvalue weighted by molar-refractivity contribution is 7.99. The van der Waals surface area contributed by atoms with Crippen molar-refractivity contribution in [2.75, 3.05) is 16.9 Å². The van der Waals surface area contributed by atoms with Crippen LogP contribution in [0.1, 0.15) is 17.5 Å². The molecule has 2 heterocycles. The molecule has 1 aromatic heterocycles. The van der Waals surface area contributed by atoms with Gasteiger partial charge in [0.05, 0.1) is 29.4 Å². The zero-order valence-corrected chi connectivity index (χ0v) is 17.6. The topological polar surface area (TPSA) is 91.0 Å². The van der Waals surface area contributed by atoms with Crippen LogP contribution < -0.4 is 5.32 Å². The van der Waals surface area contributed by atoms with E-state index in [1.54, 1.807) is 51.8 Å². The number of hydrogen-bond acceptors (Lipinski definition) is 5. The van der Waals surface area contributed by atoms with Crippen molar-refractivity contribution < 1.29 is 9.59 Å². The summed E-state index contributed by atoms with van der Waals surface area (Å²) in [4.78, 5) is 27.2. The predicted molar refractivity (Wildman–Crippen MR) is 120 cm³/mol. The Morgan fingerprint density at radius 2 is 1.94 bits per heavy atom. The summed E-state index contributed by atoms with van der Waals surface area (Å²) in [5.74, 6) is 0.824. The molecule has 1 saturated heterocycles. The molecule has 1 unspecified atom stereocenters. The summed E-state index contributed by atoms with van der Waals surface area (Å²) in [6, 6.07) is 18.0. The van der Waals surface area contributed by atoms with E-state index in [4.69, 9.17) is 5.26 Å². The highest BCUT2D eigenvalue weighted by atomic mass is 32.2. The van der Waals surface area contributed by atoms with Gasteiger partial charge in [0.25, 0.3) is 0 Å². The molecule has 0 aliphatic carbocycles. The van der Waals surface area contributed by atoms with E-state index >= 15 is 0 Å². The number of nitrogens with zero attached hydrogens (tertiary/aromatic N) is 4. The number of para-hydroxylation sites is 1. The van der Waals surface area contributed by atoms with Crippen LogP contribution in [0.5, 0.6) is 0 Å². The molecular weight excluding hydrogens is 410 g/mol. The van der Waals surface area contributed by atoms with Crippen LogP contribution in [0, 0.1) is 11.3 Å². The van der Waals surface area contributed by atoms with E-state index in [-0.39, 0.29) is 11.8 Å². The summed E-state index contributed by atoms with van der Waals surface area (Å²) in [7, 11) is 0. The first-order chi connectivity index (χ1) is 15.1. The summed E-state index contributed by atoms with van der Waals surface area (Å²) in [5.41, 5.74) is 3.08. The van der Waals surface area contributed by atoms with Gasteiger partial charge < -0.3 is 10.2 Å². The third kappa shape index (κ3) is 4.95. The second-order valence-corrected chi connectivity index (χ2v) is 8.19. The van der Waals surface area contributed by atoms with Crippen molar-refractivity contribution in [2.24, 2.45) is 0 Å². The molecule has 4 rings (SSSR count). The third-order valence-corrected chi connectivity index (χ3v) is 6.08. The number of hydrogen-bond donors (Lipinski definition) is 1. The van der Waals surface area contributed by atoms with E-state index in [1.807, 2.05) is 42.6 Å². The number of benzene rings is 2. The monoisotopic (exact) mass is 431 g/mol. The second kappa shape index (κ2) is 9.49. The number of amides is 2. The lowest BCUT2D eigenvalue weighted by molar-refractivity contribution is -0.136. The number of nitriles is 1. The van der Waals surface area contributed by atoms with E-state index < -0.39 is 6.04 Å². The Labute approximate surface area is 184 Å². The van der Waals surface area contributed by atoms with Gasteiger partial charge in [0.15, 0.2) is 0 Å². The average Bonchev–Trinajstić information content (AvgIpc) is 3.49. The summed E-state index contributed by atoms with van der Waals surface area (Å²) >= 11 is 1.57. The molecule has 1 fully saturated rings. The van der Waals surface area contributed by atoms with Gasteiger partial charge in [-0.05, 0) is 48.4 Å². The Hall–Kier alpha value is -3.57. The summed E-state index contributed by atoms with van der Waals surface area (Å²) < 4.78 is 1.79. The van der Waals surface area contributed by atoms with Crippen molar-refractivity contribution in [1.29, 1.82) is 5.26 Å². The summed E-state index contributed by atoms with van der Waals surface area (Å²) in [6.45, 7) is 0. The molecule has 0 radical (unpaired) electrons. The van der Waals surface area contributed by atoms with Crippen LogP contribution in [0.2, 0.25) is 0 Å². The minimum atomic E-state index is -0.500. The SMILES string of the molecule is N#Cc1ccc(NC(=O)C2CSCN2C(=O)CCc2cnn(-c3ccccc3)c2)cc1. The number of carbonyl (C=O) groups is 2. The van der Waals surface area contributed by atoms with Crippen molar-refractivity contribution in [3.63, 3.8) is 0 Å². The Morgan fingerprint density at radius 1 is 1.16 bits per heavy atom. The zero-order valence-electron chi connectivity index (χ0n) is 16.8. The molecule has 7 nitrogen and oxygen atoms in total. The third-order valence-electron chi connectivity index (χ3n) is 5.07. The minimum absolute atomic E-state index is 0.0440. The highest BCUT2D eigenvalue weighted by Gasteiger charge is 2.34. The van der Waals surface area contributed by atoms with Crippen molar-refractivity contribution >= 4 is 29.3 Å². The highest BCUT2D eigenvalue weighted by Crippen LogP contribution is 2.24. The maximum atomic E-state index is 12.8. The molecule has 0 spiro atoms. The van der Waals surface area contributed by atoms with Crippen molar-refractivity contribution in [3.8, 4) is 11.8 Å². The van der Waals surface area contributed by atoms with E-state index in [9.17, 15) is 9.59 Å². The van der Waals surface area contributed by atoms with E-state index in [1.165, 1.54) is 0 Å². The molecule has 8 heteroatoms. The van der Waals surface area contributed by atoms with Gasteiger partial charge >= 0.3 is 0 Å². The predicted octanol–water partition coefficient (Wildman–Crippen LogP) is 3.22. The first-order valence-electron chi connectivity index (χ1n) is 9.91. The number of aromatic nitrogens is 2. The Morgan fingerprint density at radius 3 is 2.68 bits per heavy atom. The molecule has 3 aromatic rings. The van der Waals surface area contributed by atoms with Gasteiger partial charge in [0.1, 0.15) is 6.04 Å². The molecule has 1 aliphatic rings. The van der Waals surface area contributed by atoms with Gasteiger partial charge in [-0.1, -0.05) is 18.2 Å². The lowest BCUT2D eigenvalue weighted by Crippen LogP contribution is -2.44. The van der Waals surface area contributed by atoms with Gasteiger partial charge in [-0.3, -0.25) is 9.59 Å². The number of carbonyl (C=O) groups excluding carboxylic acids is 2. The first-order valence-corrected chi connectivity index (χ1v) is 11.1. The van der Waals surface area contributed by atoms with Crippen LogP contribution in [0.3, 0.4) is 0 Å². The van der Waals surface area contributed by atoms with Gasteiger partial charge in [0, 0.05) is 24.1 Å². The number of rotatable bonds is 6. The second-order valence-electron chi connectivity index (χ2n) is 7.19. The Balaban J connectivity index is 1.34. The lowest BCUT2D eigenvalue weighted by Gasteiger charge is -2.23. The average molecular weight is 432 g/mol. The standard InChI is InChI=1S/C23H21N5O2S/c24-12-17-6-9-19(10-7-17)26-23(30)21-15-31-16-27(21)22(29)11-8-18-13-25-28(14-18)20-4-2-1-3-5-20/h1-7,9-10,13-14,21H,8,11,15-16H2,(H,26,30). The van der Waals surface area contributed by atoms with Gasteiger partial charge in [-0.2, -0.15) is 10.4 Å². The van der Waals surface area contributed by atoms with Crippen molar-refractivity contribution in [2.45, 2.75) is 18.9 Å². The number of nitrogens with one attached hydrogen (secondary N) is 1. The molecule has 156 valence electrons. The summed E-state index contributed by atoms with van der Waals surface area (Å²) in [6.07, 6.45) is 4.59. The van der Waals surface area contributed by atoms with E-state index in [2.05, 4.69) is 10.4 Å². The molecule has 31 heavy (non-hydrogen) atoms. The molecule has 1 N–H and O–H groups in total. The molecule has 1 aliphatic heterocycles. The molecule has 2 aromatic carbocycles. The van der Waals surface area contributed by atoms with Gasteiger partial charge in [0.2, 0.25) is 11.8 Å². The van der Waals surface area contributed by atoms with Crippen molar-refractivity contribution in [3.05, 3.63) is 78.1 Å². The van der Waals surface area contributed by atoms with Crippen LogP contribution >= 0.6 is 11.8 Å². The Bertz CT molecular complexity index is 1110. The van der Waals surface area contributed by atoms with Crippen LogP contribution in [-0.4, -0.2) is 44.2 Å². The first kappa shape index (κ1) is 20.7. The van der Waals surface area contributed by atoms with Crippen LogP contribution in [0.25, 0.3) is 5.69 Å². The van der Waals surface area contributed by atoms with Crippen molar-refractivity contribution in [1.82, 2.24) is 14.7 Å². The largest absolute Gasteiger partial charge is 0.324 e. The number of aryl methyl sites for hydroxylation is 1. The smallest absolute Gasteiger partial charge is 0.248 e. The van der Waals surface area contributed by atoms with Gasteiger partial charge in [-0.25, -0.2) is 4.68 Å². The molecule has 2 amide bonds. The lowest BCUT2D eigenvalue weighted by atomic mass is 10.1. The Kier molecular flexibility index (Phi) is 6.34. The quantitative estimate of drug-likeness (QED) is 0.647. The fraction of sp³-hybridized carbons (Fsp3) is 0.217. The van der Waals surface area contributed by atoms with E-state index in [0.717, 1.165) is 11.3 Å². The molecule has 0 bridgehead atoms. The molecule has 1 atom stereocenters. The van der Waals surface area contributed by atoms with Crippen LogP contribution in [0.4, 0.5) is 5.69 Å². The van der Waals surface area contributed by atoms with Crippen LogP contribution in [-0.2, 0) is 16.0 Å². The molecule has 0 saturated carbocycles. The maximum Gasteiger partial charge on any atom is 0.248 e.